The Hall–Kier alpha value is -2.39. The highest BCUT2D eigenvalue weighted by Crippen LogP contribution is 2.31. The first-order valence-corrected chi connectivity index (χ1v) is 9.47. The quantitative estimate of drug-likeness (QED) is 0.602. The third-order valence-corrected chi connectivity index (χ3v) is 5.52. The molecular formula is C22H21ClN2O. The highest BCUT2D eigenvalue weighted by Gasteiger charge is 2.22. The van der Waals surface area contributed by atoms with Crippen LogP contribution in [0.2, 0.25) is 5.02 Å². The Bertz CT molecular complexity index is 963. The monoisotopic (exact) mass is 364 g/mol. The van der Waals surface area contributed by atoms with Crippen LogP contribution >= 0.6 is 11.6 Å². The molecule has 1 aromatic heterocycles. The standard InChI is InChI=1S/C22H21ClN2O/c1-15-19(23)11-10-17-18(22(26)25-12-6-3-7-13-25)14-20(24-21(15)17)16-8-4-2-5-9-16/h2,4-5,8-11,14H,3,6-7,12-13H2,1H3. The van der Waals surface area contributed by atoms with Gasteiger partial charge in [0.25, 0.3) is 5.91 Å². The first-order chi connectivity index (χ1) is 12.6. The molecular weight excluding hydrogens is 344 g/mol. The second kappa shape index (κ2) is 7.08. The van der Waals surface area contributed by atoms with Crippen molar-refractivity contribution in [3.05, 3.63) is 64.7 Å². The first-order valence-electron chi connectivity index (χ1n) is 9.10. The fraction of sp³-hybridized carbons (Fsp3) is 0.273. The summed E-state index contributed by atoms with van der Waals surface area (Å²) in [5.41, 5.74) is 4.25. The molecule has 2 aromatic carbocycles. The van der Waals surface area contributed by atoms with Gasteiger partial charge in [-0.3, -0.25) is 4.79 Å². The number of benzene rings is 2. The van der Waals surface area contributed by atoms with E-state index < -0.39 is 0 Å². The number of piperidine rings is 1. The van der Waals surface area contributed by atoms with Crippen LogP contribution < -0.4 is 0 Å². The number of aryl methyl sites for hydroxylation is 1. The molecule has 0 N–H and O–H groups in total. The third kappa shape index (κ3) is 3.08. The number of amides is 1. The van der Waals surface area contributed by atoms with Gasteiger partial charge in [0.1, 0.15) is 0 Å². The predicted molar refractivity (Wildman–Crippen MR) is 107 cm³/mol. The smallest absolute Gasteiger partial charge is 0.254 e. The molecule has 3 aromatic rings. The molecule has 0 radical (unpaired) electrons. The zero-order chi connectivity index (χ0) is 18.1. The molecule has 1 aliphatic heterocycles. The minimum atomic E-state index is 0.0935. The van der Waals surface area contributed by atoms with Gasteiger partial charge in [-0.25, -0.2) is 4.98 Å². The maximum atomic E-state index is 13.3. The topological polar surface area (TPSA) is 33.2 Å². The molecule has 26 heavy (non-hydrogen) atoms. The minimum absolute atomic E-state index is 0.0935. The summed E-state index contributed by atoms with van der Waals surface area (Å²) in [4.78, 5) is 20.1. The molecule has 4 rings (SSSR count). The summed E-state index contributed by atoms with van der Waals surface area (Å²) in [7, 11) is 0. The summed E-state index contributed by atoms with van der Waals surface area (Å²) in [5.74, 6) is 0.0935. The molecule has 1 saturated heterocycles. The Labute approximate surface area is 158 Å². The van der Waals surface area contributed by atoms with E-state index in [4.69, 9.17) is 16.6 Å². The van der Waals surface area contributed by atoms with Crippen molar-refractivity contribution in [2.45, 2.75) is 26.2 Å². The number of nitrogens with zero attached hydrogens (tertiary/aromatic N) is 2. The number of carbonyl (C=O) groups excluding carboxylic acids is 1. The molecule has 1 fully saturated rings. The summed E-state index contributed by atoms with van der Waals surface area (Å²) in [6.07, 6.45) is 3.35. The van der Waals surface area contributed by atoms with E-state index in [-0.39, 0.29) is 5.91 Å². The largest absolute Gasteiger partial charge is 0.339 e. The maximum Gasteiger partial charge on any atom is 0.254 e. The number of likely N-dealkylation sites (tertiary alicyclic amines) is 1. The predicted octanol–water partition coefficient (Wildman–Crippen LogP) is 5.49. The summed E-state index contributed by atoms with van der Waals surface area (Å²) >= 11 is 6.33. The normalized spacial score (nSPS) is 14.6. The third-order valence-electron chi connectivity index (χ3n) is 5.11. The van der Waals surface area contributed by atoms with Gasteiger partial charge in [-0.2, -0.15) is 0 Å². The molecule has 0 bridgehead atoms. The zero-order valence-corrected chi connectivity index (χ0v) is 15.6. The lowest BCUT2D eigenvalue weighted by molar-refractivity contribution is 0.0726. The van der Waals surface area contributed by atoms with Crippen molar-refractivity contribution < 1.29 is 4.79 Å². The van der Waals surface area contributed by atoms with Crippen LogP contribution in [0.25, 0.3) is 22.2 Å². The Morgan fingerprint density at radius 1 is 1.04 bits per heavy atom. The van der Waals surface area contributed by atoms with E-state index in [2.05, 4.69) is 0 Å². The molecule has 2 heterocycles. The van der Waals surface area contributed by atoms with Crippen LogP contribution in [-0.2, 0) is 0 Å². The summed E-state index contributed by atoms with van der Waals surface area (Å²) in [5, 5.41) is 1.55. The van der Waals surface area contributed by atoms with E-state index in [0.717, 1.165) is 59.2 Å². The highest BCUT2D eigenvalue weighted by molar-refractivity contribution is 6.32. The van der Waals surface area contributed by atoms with E-state index in [9.17, 15) is 4.79 Å². The van der Waals surface area contributed by atoms with E-state index in [1.54, 1.807) is 0 Å². The average molecular weight is 365 g/mol. The summed E-state index contributed by atoms with van der Waals surface area (Å²) < 4.78 is 0. The molecule has 0 spiro atoms. The summed E-state index contributed by atoms with van der Waals surface area (Å²) in [6.45, 7) is 3.62. The van der Waals surface area contributed by atoms with Gasteiger partial charge in [0.2, 0.25) is 0 Å². The lowest BCUT2D eigenvalue weighted by Crippen LogP contribution is -2.35. The highest BCUT2D eigenvalue weighted by atomic mass is 35.5. The zero-order valence-electron chi connectivity index (χ0n) is 14.8. The van der Waals surface area contributed by atoms with E-state index in [0.29, 0.717) is 5.02 Å². The molecule has 132 valence electrons. The van der Waals surface area contributed by atoms with Crippen molar-refractivity contribution in [2.75, 3.05) is 13.1 Å². The van der Waals surface area contributed by atoms with Crippen molar-refractivity contribution in [1.82, 2.24) is 9.88 Å². The van der Waals surface area contributed by atoms with Crippen LogP contribution in [-0.4, -0.2) is 28.9 Å². The van der Waals surface area contributed by atoms with Gasteiger partial charge in [0.05, 0.1) is 16.8 Å². The van der Waals surface area contributed by atoms with Crippen LogP contribution in [0.4, 0.5) is 0 Å². The number of carbonyl (C=O) groups is 1. The number of aromatic nitrogens is 1. The van der Waals surface area contributed by atoms with Crippen molar-refractivity contribution in [1.29, 1.82) is 0 Å². The van der Waals surface area contributed by atoms with Gasteiger partial charge in [-0.1, -0.05) is 48.0 Å². The number of rotatable bonds is 2. The van der Waals surface area contributed by atoms with Gasteiger partial charge in [0, 0.05) is 29.1 Å². The van der Waals surface area contributed by atoms with Gasteiger partial charge >= 0.3 is 0 Å². The van der Waals surface area contributed by atoms with Gasteiger partial charge in [0.15, 0.2) is 0 Å². The second-order valence-corrected chi connectivity index (χ2v) is 7.25. The first kappa shape index (κ1) is 17.0. The summed E-state index contributed by atoms with van der Waals surface area (Å²) in [6, 6.07) is 15.7. The Balaban J connectivity index is 1.92. The average Bonchev–Trinajstić information content (AvgIpc) is 2.71. The van der Waals surface area contributed by atoms with Crippen LogP contribution in [0.5, 0.6) is 0 Å². The van der Waals surface area contributed by atoms with Crippen LogP contribution in [0.15, 0.2) is 48.5 Å². The van der Waals surface area contributed by atoms with E-state index in [1.807, 2.05) is 60.4 Å². The fourth-order valence-electron chi connectivity index (χ4n) is 3.61. The molecule has 4 heteroatoms. The van der Waals surface area contributed by atoms with Crippen molar-refractivity contribution in [2.24, 2.45) is 0 Å². The Morgan fingerprint density at radius 2 is 1.77 bits per heavy atom. The number of pyridine rings is 1. The van der Waals surface area contributed by atoms with Crippen LogP contribution in [0, 0.1) is 6.92 Å². The molecule has 0 atom stereocenters. The van der Waals surface area contributed by atoms with Crippen molar-refractivity contribution >= 4 is 28.4 Å². The molecule has 0 aliphatic carbocycles. The van der Waals surface area contributed by atoms with E-state index in [1.165, 1.54) is 6.42 Å². The molecule has 1 amide bonds. The minimum Gasteiger partial charge on any atom is -0.339 e. The lowest BCUT2D eigenvalue weighted by Gasteiger charge is -2.27. The van der Waals surface area contributed by atoms with Crippen molar-refractivity contribution in [3.63, 3.8) is 0 Å². The number of hydrogen-bond acceptors (Lipinski definition) is 2. The number of hydrogen-bond donors (Lipinski definition) is 0. The number of halogens is 1. The van der Waals surface area contributed by atoms with Gasteiger partial charge in [-0.15, -0.1) is 0 Å². The van der Waals surface area contributed by atoms with Crippen LogP contribution in [0.3, 0.4) is 0 Å². The van der Waals surface area contributed by atoms with Gasteiger partial charge in [-0.05, 0) is 43.9 Å². The van der Waals surface area contributed by atoms with Crippen molar-refractivity contribution in [3.8, 4) is 11.3 Å². The Morgan fingerprint density at radius 3 is 2.50 bits per heavy atom. The maximum absolute atomic E-state index is 13.3. The van der Waals surface area contributed by atoms with Crippen LogP contribution in [0.1, 0.15) is 35.2 Å². The lowest BCUT2D eigenvalue weighted by atomic mass is 10.00. The molecule has 1 aliphatic rings. The SMILES string of the molecule is Cc1c(Cl)ccc2c(C(=O)N3CCCCC3)cc(-c3ccccc3)nc12. The second-order valence-electron chi connectivity index (χ2n) is 6.84. The van der Waals surface area contributed by atoms with E-state index >= 15 is 0 Å². The molecule has 0 saturated carbocycles. The van der Waals surface area contributed by atoms with Gasteiger partial charge < -0.3 is 4.90 Å². The fourth-order valence-corrected chi connectivity index (χ4v) is 3.76. The molecule has 0 unspecified atom stereocenters. The number of fused-ring (bicyclic) bond motifs is 1. The molecule has 3 nitrogen and oxygen atoms in total. The Kier molecular flexibility index (Phi) is 4.64.